The lowest BCUT2D eigenvalue weighted by molar-refractivity contribution is 0.216. The van der Waals surface area contributed by atoms with Gasteiger partial charge in [-0.3, -0.25) is 4.90 Å². The lowest BCUT2D eigenvalue weighted by Crippen LogP contribution is -2.22. The average Bonchev–Trinajstić information content (AvgIpc) is 2.87. The second-order valence-electron chi connectivity index (χ2n) is 5.34. The molecule has 0 fully saturated rings. The third-order valence-corrected chi connectivity index (χ3v) is 3.40. The topological polar surface area (TPSA) is 42.2 Å². The number of aromatic nitrogens is 2. The van der Waals surface area contributed by atoms with Gasteiger partial charge < -0.3 is 4.52 Å². The molecule has 0 N–H and O–H groups in total. The zero-order valence-corrected chi connectivity index (χ0v) is 12.3. The van der Waals surface area contributed by atoms with Crippen LogP contribution in [0.2, 0.25) is 0 Å². The zero-order valence-electron chi connectivity index (χ0n) is 12.3. The number of hydrogen-bond donors (Lipinski definition) is 0. The Morgan fingerprint density at radius 1 is 1.20 bits per heavy atom. The van der Waals surface area contributed by atoms with Crippen molar-refractivity contribution in [3.05, 3.63) is 47.4 Å². The molecule has 2 rings (SSSR count). The van der Waals surface area contributed by atoms with Crippen LogP contribution in [-0.4, -0.2) is 22.1 Å². The van der Waals surface area contributed by atoms with E-state index in [-0.39, 0.29) is 17.8 Å². The van der Waals surface area contributed by atoms with Crippen LogP contribution < -0.4 is 0 Å². The van der Waals surface area contributed by atoms with Crippen molar-refractivity contribution in [2.75, 3.05) is 7.05 Å². The molecule has 0 aliphatic heterocycles. The van der Waals surface area contributed by atoms with E-state index in [1.165, 1.54) is 12.1 Å². The monoisotopic (exact) mass is 277 g/mol. The third kappa shape index (κ3) is 3.42. The number of benzene rings is 1. The molecular weight excluding hydrogens is 257 g/mol. The zero-order chi connectivity index (χ0) is 14.7. The second-order valence-corrected chi connectivity index (χ2v) is 5.34. The standard InChI is InChI=1S/C15H20FN3O/c1-10(2)15-17-14(20-18-15)9-19(4)11(3)12-5-7-13(16)8-6-12/h5-8,10-11H,9H2,1-4H3/t11-/m1/s1. The molecule has 0 amide bonds. The normalized spacial score (nSPS) is 13.2. The van der Waals surface area contributed by atoms with Gasteiger partial charge in [0.25, 0.3) is 0 Å². The predicted molar refractivity (Wildman–Crippen MR) is 74.7 cm³/mol. The van der Waals surface area contributed by atoms with Gasteiger partial charge in [-0.15, -0.1) is 0 Å². The average molecular weight is 277 g/mol. The summed E-state index contributed by atoms with van der Waals surface area (Å²) in [5, 5.41) is 3.95. The highest BCUT2D eigenvalue weighted by atomic mass is 19.1. The maximum Gasteiger partial charge on any atom is 0.240 e. The second kappa shape index (κ2) is 6.13. The molecule has 0 unspecified atom stereocenters. The molecule has 1 aromatic heterocycles. The first-order valence-electron chi connectivity index (χ1n) is 6.75. The van der Waals surface area contributed by atoms with Crippen molar-refractivity contribution in [1.29, 1.82) is 0 Å². The van der Waals surface area contributed by atoms with E-state index in [0.717, 1.165) is 11.4 Å². The molecule has 0 saturated carbocycles. The largest absolute Gasteiger partial charge is 0.338 e. The van der Waals surface area contributed by atoms with Gasteiger partial charge in [0.2, 0.25) is 5.89 Å². The molecule has 0 saturated heterocycles. The van der Waals surface area contributed by atoms with Crippen molar-refractivity contribution in [2.45, 2.75) is 39.3 Å². The number of hydrogen-bond acceptors (Lipinski definition) is 4. The van der Waals surface area contributed by atoms with Crippen molar-refractivity contribution >= 4 is 0 Å². The van der Waals surface area contributed by atoms with Crippen LogP contribution in [0.4, 0.5) is 4.39 Å². The summed E-state index contributed by atoms with van der Waals surface area (Å²) >= 11 is 0. The van der Waals surface area contributed by atoms with Crippen molar-refractivity contribution < 1.29 is 8.91 Å². The van der Waals surface area contributed by atoms with Gasteiger partial charge in [-0.1, -0.05) is 31.1 Å². The molecule has 108 valence electrons. The van der Waals surface area contributed by atoms with Gasteiger partial charge in [0.05, 0.1) is 6.54 Å². The molecule has 0 spiro atoms. The lowest BCUT2D eigenvalue weighted by atomic mass is 10.1. The highest BCUT2D eigenvalue weighted by Crippen LogP contribution is 2.21. The Morgan fingerprint density at radius 2 is 1.85 bits per heavy atom. The van der Waals surface area contributed by atoms with E-state index in [9.17, 15) is 4.39 Å². The molecule has 0 aliphatic carbocycles. The maximum atomic E-state index is 12.9. The lowest BCUT2D eigenvalue weighted by Gasteiger charge is -2.23. The first kappa shape index (κ1) is 14.7. The van der Waals surface area contributed by atoms with Gasteiger partial charge in [0.15, 0.2) is 5.82 Å². The van der Waals surface area contributed by atoms with E-state index in [0.29, 0.717) is 12.4 Å². The number of halogens is 1. The number of nitrogens with zero attached hydrogens (tertiary/aromatic N) is 3. The Labute approximate surface area is 118 Å². The van der Waals surface area contributed by atoms with Gasteiger partial charge in [0.1, 0.15) is 5.82 Å². The summed E-state index contributed by atoms with van der Waals surface area (Å²) < 4.78 is 18.2. The Kier molecular flexibility index (Phi) is 4.49. The highest BCUT2D eigenvalue weighted by molar-refractivity contribution is 5.19. The summed E-state index contributed by atoms with van der Waals surface area (Å²) in [6.45, 7) is 6.68. The van der Waals surface area contributed by atoms with E-state index in [1.807, 2.05) is 20.9 Å². The van der Waals surface area contributed by atoms with Gasteiger partial charge >= 0.3 is 0 Å². The Morgan fingerprint density at radius 3 is 2.40 bits per heavy atom. The molecule has 1 atom stereocenters. The van der Waals surface area contributed by atoms with Crippen molar-refractivity contribution in [2.24, 2.45) is 0 Å². The Balaban J connectivity index is 2.03. The molecule has 1 aromatic carbocycles. The molecule has 0 bridgehead atoms. The summed E-state index contributed by atoms with van der Waals surface area (Å²) in [5.41, 5.74) is 1.05. The molecule has 5 heteroatoms. The van der Waals surface area contributed by atoms with Crippen LogP contribution in [0.5, 0.6) is 0 Å². The minimum atomic E-state index is -0.220. The third-order valence-electron chi connectivity index (χ3n) is 3.40. The van der Waals surface area contributed by atoms with E-state index < -0.39 is 0 Å². The quantitative estimate of drug-likeness (QED) is 0.838. The summed E-state index contributed by atoms with van der Waals surface area (Å²) in [7, 11) is 1.98. The Hall–Kier alpha value is -1.75. The van der Waals surface area contributed by atoms with E-state index >= 15 is 0 Å². The van der Waals surface area contributed by atoms with Gasteiger partial charge in [-0.2, -0.15) is 4.98 Å². The molecule has 0 radical (unpaired) electrons. The summed E-state index contributed by atoms with van der Waals surface area (Å²) in [4.78, 5) is 6.45. The van der Waals surface area contributed by atoms with Crippen LogP contribution in [0.3, 0.4) is 0 Å². The van der Waals surface area contributed by atoms with Crippen LogP contribution in [0.25, 0.3) is 0 Å². The molecular formula is C15H20FN3O. The van der Waals surface area contributed by atoms with E-state index in [4.69, 9.17) is 4.52 Å². The van der Waals surface area contributed by atoms with Crippen LogP contribution in [0.15, 0.2) is 28.8 Å². The Bertz CT molecular complexity index is 551. The summed E-state index contributed by atoms with van der Waals surface area (Å²) in [6, 6.07) is 6.69. The molecule has 2 aromatic rings. The SMILES string of the molecule is CC(C)c1noc(CN(C)[C@H](C)c2ccc(F)cc2)n1. The van der Waals surface area contributed by atoms with Crippen molar-refractivity contribution in [3.63, 3.8) is 0 Å². The molecule has 1 heterocycles. The van der Waals surface area contributed by atoms with Crippen LogP contribution in [-0.2, 0) is 6.54 Å². The van der Waals surface area contributed by atoms with Crippen molar-refractivity contribution in [1.82, 2.24) is 15.0 Å². The maximum absolute atomic E-state index is 12.9. The van der Waals surface area contributed by atoms with Gasteiger partial charge in [0, 0.05) is 12.0 Å². The molecule has 20 heavy (non-hydrogen) atoms. The summed E-state index contributed by atoms with van der Waals surface area (Å²) in [6.07, 6.45) is 0. The first-order valence-corrected chi connectivity index (χ1v) is 6.75. The van der Waals surface area contributed by atoms with E-state index in [1.54, 1.807) is 12.1 Å². The first-order chi connectivity index (χ1) is 9.47. The van der Waals surface area contributed by atoms with Crippen LogP contribution >= 0.6 is 0 Å². The fraction of sp³-hybridized carbons (Fsp3) is 0.467. The van der Waals surface area contributed by atoms with Crippen LogP contribution in [0.1, 0.15) is 50.0 Å². The van der Waals surface area contributed by atoms with Gasteiger partial charge in [-0.25, -0.2) is 4.39 Å². The predicted octanol–water partition coefficient (Wildman–Crippen LogP) is 3.53. The number of rotatable bonds is 5. The van der Waals surface area contributed by atoms with E-state index in [2.05, 4.69) is 22.0 Å². The highest BCUT2D eigenvalue weighted by Gasteiger charge is 2.16. The van der Waals surface area contributed by atoms with Crippen molar-refractivity contribution in [3.8, 4) is 0 Å². The fourth-order valence-electron chi connectivity index (χ4n) is 1.91. The molecule has 0 aliphatic rings. The minimum absolute atomic E-state index is 0.144. The fourth-order valence-corrected chi connectivity index (χ4v) is 1.91. The van der Waals surface area contributed by atoms with Crippen LogP contribution in [0, 0.1) is 5.82 Å². The smallest absolute Gasteiger partial charge is 0.240 e. The molecule has 4 nitrogen and oxygen atoms in total. The summed E-state index contributed by atoms with van der Waals surface area (Å²) in [5.74, 6) is 1.36. The minimum Gasteiger partial charge on any atom is -0.338 e. The van der Waals surface area contributed by atoms with Gasteiger partial charge in [-0.05, 0) is 31.7 Å².